The van der Waals surface area contributed by atoms with E-state index in [2.05, 4.69) is 15.3 Å². The van der Waals surface area contributed by atoms with E-state index >= 15 is 0 Å². The van der Waals surface area contributed by atoms with Crippen molar-refractivity contribution < 1.29 is 4.39 Å². The van der Waals surface area contributed by atoms with Crippen molar-refractivity contribution in [3.05, 3.63) is 54.2 Å². The molecule has 0 aliphatic rings. The number of aromatic nitrogens is 2. The fourth-order valence-corrected chi connectivity index (χ4v) is 3.03. The van der Waals surface area contributed by atoms with Crippen LogP contribution < -0.4 is 5.32 Å². The molecule has 2 aromatic heterocycles. The molecule has 0 unspecified atom stereocenters. The Balaban J connectivity index is 2.05. The number of allylic oxidation sites excluding steroid dienone is 1. The monoisotopic (exact) mass is 312 g/mol. The van der Waals surface area contributed by atoms with E-state index in [-0.39, 0.29) is 0 Å². The summed E-state index contributed by atoms with van der Waals surface area (Å²) in [7, 11) is 1.80. The topological polar surface area (TPSA) is 61.7 Å². The number of halogens is 1. The highest BCUT2D eigenvalue weighted by atomic mass is 32.1. The molecule has 0 saturated heterocycles. The quantitative estimate of drug-likeness (QED) is 0.570. The molecule has 3 aromatic rings. The second-order valence-electron chi connectivity index (χ2n) is 4.60. The standard InChI is InChI=1S/C16H13FN4S/c1-19-8-12(7-18)10-2-4-14-13(6-10)21-16(22-14)11-3-5-15(17)20-9-11/h2-9,18-19H,1H3/b12-8+,18-7?. The van der Waals surface area contributed by atoms with Crippen LogP contribution in [0.15, 0.2) is 42.7 Å². The highest BCUT2D eigenvalue weighted by Gasteiger charge is 2.08. The highest BCUT2D eigenvalue weighted by Crippen LogP contribution is 2.31. The Hall–Kier alpha value is -2.60. The summed E-state index contributed by atoms with van der Waals surface area (Å²) in [4.78, 5) is 8.25. The number of nitrogens with one attached hydrogen (secondary N) is 2. The van der Waals surface area contributed by atoms with Gasteiger partial charge in [0.15, 0.2) is 0 Å². The minimum atomic E-state index is -0.500. The lowest BCUT2D eigenvalue weighted by Crippen LogP contribution is -1.96. The predicted octanol–water partition coefficient (Wildman–Crippen LogP) is 3.71. The number of hydrogen-bond acceptors (Lipinski definition) is 5. The molecule has 1 aromatic carbocycles. The van der Waals surface area contributed by atoms with Crippen LogP contribution in [0, 0.1) is 11.4 Å². The summed E-state index contributed by atoms with van der Waals surface area (Å²) in [6.45, 7) is 0. The third-order valence-corrected chi connectivity index (χ3v) is 4.24. The third kappa shape index (κ3) is 2.73. The van der Waals surface area contributed by atoms with E-state index in [1.165, 1.54) is 29.8 Å². The SMILES string of the molecule is CN/C=C(\C=N)c1ccc2sc(-c3ccc(F)nc3)nc2c1. The Morgan fingerprint density at radius 3 is 2.86 bits per heavy atom. The second kappa shape index (κ2) is 6.03. The summed E-state index contributed by atoms with van der Waals surface area (Å²) in [6, 6.07) is 8.89. The maximum absolute atomic E-state index is 12.9. The Kier molecular flexibility index (Phi) is 3.93. The Morgan fingerprint density at radius 1 is 1.32 bits per heavy atom. The van der Waals surface area contributed by atoms with Crippen molar-refractivity contribution in [1.29, 1.82) is 5.41 Å². The Bertz CT molecular complexity index is 852. The molecule has 4 nitrogen and oxygen atoms in total. The first-order valence-corrected chi connectivity index (χ1v) is 7.43. The van der Waals surface area contributed by atoms with Gasteiger partial charge in [0.25, 0.3) is 0 Å². The summed E-state index contributed by atoms with van der Waals surface area (Å²) in [5, 5.41) is 11.2. The van der Waals surface area contributed by atoms with Crippen molar-refractivity contribution >= 4 is 33.3 Å². The first-order chi connectivity index (χ1) is 10.7. The summed E-state index contributed by atoms with van der Waals surface area (Å²) in [5.41, 5.74) is 3.35. The van der Waals surface area contributed by atoms with Crippen molar-refractivity contribution in [2.45, 2.75) is 0 Å². The van der Waals surface area contributed by atoms with Gasteiger partial charge in [-0.3, -0.25) is 0 Å². The minimum absolute atomic E-state index is 0.500. The first kappa shape index (κ1) is 14.3. The minimum Gasteiger partial charge on any atom is -0.393 e. The summed E-state index contributed by atoms with van der Waals surface area (Å²) in [5.74, 6) is -0.500. The highest BCUT2D eigenvalue weighted by molar-refractivity contribution is 7.21. The fraction of sp³-hybridized carbons (Fsp3) is 0.0625. The van der Waals surface area contributed by atoms with Gasteiger partial charge in [-0.05, 0) is 29.8 Å². The van der Waals surface area contributed by atoms with Crippen LogP contribution in [0.25, 0.3) is 26.4 Å². The summed E-state index contributed by atoms with van der Waals surface area (Å²) < 4.78 is 13.9. The van der Waals surface area contributed by atoms with Gasteiger partial charge in [-0.25, -0.2) is 9.97 Å². The van der Waals surface area contributed by atoms with Gasteiger partial charge in [-0.15, -0.1) is 11.3 Å². The van der Waals surface area contributed by atoms with E-state index in [9.17, 15) is 4.39 Å². The van der Waals surface area contributed by atoms with E-state index in [0.29, 0.717) is 0 Å². The molecule has 0 bridgehead atoms. The average Bonchev–Trinajstić information content (AvgIpc) is 2.96. The first-order valence-electron chi connectivity index (χ1n) is 6.62. The molecule has 2 N–H and O–H groups in total. The van der Waals surface area contributed by atoms with Crippen LogP contribution in [-0.4, -0.2) is 23.2 Å². The molecule has 0 spiro atoms. The third-order valence-electron chi connectivity index (χ3n) is 3.15. The lowest BCUT2D eigenvalue weighted by atomic mass is 10.1. The molecule has 0 amide bonds. The Labute approximate surface area is 130 Å². The molecule has 110 valence electrons. The van der Waals surface area contributed by atoms with E-state index < -0.39 is 5.95 Å². The van der Waals surface area contributed by atoms with E-state index in [1.54, 1.807) is 19.3 Å². The normalized spacial score (nSPS) is 11.6. The number of fused-ring (bicyclic) bond motifs is 1. The summed E-state index contributed by atoms with van der Waals surface area (Å²) in [6.07, 6.45) is 4.55. The number of nitrogens with zero attached hydrogens (tertiary/aromatic N) is 2. The lowest BCUT2D eigenvalue weighted by Gasteiger charge is -2.01. The number of hydrogen-bond donors (Lipinski definition) is 2. The van der Waals surface area contributed by atoms with E-state index in [0.717, 1.165) is 31.9 Å². The predicted molar refractivity (Wildman–Crippen MR) is 88.6 cm³/mol. The molecule has 0 fully saturated rings. The zero-order chi connectivity index (χ0) is 15.5. The van der Waals surface area contributed by atoms with Gasteiger partial charge >= 0.3 is 0 Å². The van der Waals surface area contributed by atoms with Gasteiger partial charge in [-0.1, -0.05) is 6.07 Å². The van der Waals surface area contributed by atoms with Gasteiger partial charge in [-0.2, -0.15) is 4.39 Å². The summed E-state index contributed by atoms with van der Waals surface area (Å²) >= 11 is 1.53. The zero-order valence-electron chi connectivity index (χ0n) is 11.8. The van der Waals surface area contributed by atoms with Crippen LogP contribution in [0.1, 0.15) is 5.56 Å². The van der Waals surface area contributed by atoms with E-state index in [1.807, 2.05) is 18.2 Å². The maximum Gasteiger partial charge on any atom is 0.212 e. The van der Waals surface area contributed by atoms with Gasteiger partial charge < -0.3 is 10.7 Å². The zero-order valence-corrected chi connectivity index (χ0v) is 12.6. The molecule has 2 heterocycles. The Morgan fingerprint density at radius 2 is 2.18 bits per heavy atom. The number of benzene rings is 1. The van der Waals surface area contributed by atoms with Crippen LogP contribution in [0.5, 0.6) is 0 Å². The van der Waals surface area contributed by atoms with Crippen molar-refractivity contribution in [2.75, 3.05) is 7.05 Å². The lowest BCUT2D eigenvalue weighted by molar-refractivity contribution is 0.584. The van der Waals surface area contributed by atoms with Crippen LogP contribution in [0.2, 0.25) is 0 Å². The molecule has 22 heavy (non-hydrogen) atoms. The van der Waals surface area contributed by atoms with Gasteiger partial charge in [0.1, 0.15) is 5.01 Å². The van der Waals surface area contributed by atoms with Crippen LogP contribution in [0.4, 0.5) is 4.39 Å². The smallest absolute Gasteiger partial charge is 0.212 e. The van der Waals surface area contributed by atoms with Crippen LogP contribution >= 0.6 is 11.3 Å². The molecule has 0 atom stereocenters. The number of rotatable bonds is 4. The van der Waals surface area contributed by atoms with Crippen molar-refractivity contribution in [1.82, 2.24) is 15.3 Å². The van der Waals surface area contributed by atoms with Gasteiger partial charge in [0, 0.05) is 36.8 Å². The molecule has 0 radical (unpaired) electrons. The largest absolute Gasteiger partial charge is 0.393 e. The molecule has 6 heteroatoms. The maximum atomic E-state index is 12.9. The molecular formula is C16H13FN4S. The molecule has 3 rings (SSSR count). The number of pyridine rings is 1. The molecule has 0 saturated carbocycles. The van der Waals surface area contributed by atoms with Gasteiger partial charge in [0.2, 0.25) is 5.95 Å². The second-order valence-corrected chi connectivity index (χ2v) is 5.63. The number of thiazole rings is 1. The van der Waals surface area contributed by atoms with Crippen molar-refractivity contribution in [3.8, 4) is 10.6 Å². The van der Waals surface area contributed by atoms with E-state index in [4.69, 9.17) is 5.41 Å². The molecule has 0 aliphatic carbocycles. The molecular weight excluding hydrogens is 299 g/mol. The average molecular weight is 312 g/mol. The fourth-order valence-electron chi connectivity index (χ4n) is 2.10. The van der Waals surface area contributed by atoms with Crippen molar-refractivity contribution in [3.63, 3.8) is 0 Å². The van der Waals surface area contributed by atoms with Crippen molar-refractivity contribution in [2.24, 2.45) is 0 Å². The van der Waals surface area contributed by atoms with Crippen LogP contribution in [0.3, 0.4) is 0 Å². The molecule has 0 aliphatic heterocycles. The van der Waals surface area contributed by atoms with Crippen LogP contribution in [-0.2, 0) is 0 Å². The van der Waals surface area contributed by atoms with Gasteiger partial charge in [0.05, 0.1) is 10.2 Å².